The van der Waals surface area contributed by atoms with E-state index in [4.69, 9.17) is 4.74 Å². The summed E-state index contributed by atoms with van der Waals surface area (Å²) in [7, 11) is 1.72. The van der Waals surface area contributed by atoms with E-state index in [-0.39, 0.29) is 0 Å². The fourth-order valence-corrected chi connectivity index (χ4v) is 2.67. The normalized spacial score (nSPS) is 17.4. The lowest BCUT2D eigenvalue weighted by atomic mass is 9.90. The zero-order valence-electron chi connectivity index (χ0n) is 11.0. The van der Waals surface area contributed by atoms with Crippen LogP contribution in [0.5, 0.6) is 5.75 Å². The summed E-state index contributed by atoms with van der Waals surface area (Å²) in [5, 5.41) is 10.1. The molecule has 0 heterocycles. The average molecular weight is 234 g/mol. The van der Waals surface area contributed by atoms with E-state index in [2.05, 4.69) is 6.07 Å². The molecule has 0 radical (unpaired) electrons. The molecule has 1 N–H and O–H groups in total. The quantitative estimate of drug-likeness (QED) is 0.866. The van der Waals surface area contributed by atoms with E-state index in [1.165, 1.54) is 31.2 Å². The van der Waals surface area contributed by atoms with Crippen LogP contribution < -0.4 is 4.74 Å². The van der Waals surface area contributed by atoms with E-state index in [1.807, 2.05) is 26.0 Å². The Morgan fingerprint density at radius 3 is 2.41 bits per heavy atom. The summed E-state index contributed by atoms with van der Waals surface area (Å²) in [5.41, 5.74) is 1.46. The lowest BCUT2D eigenvalue weighted by molar-refractivity contribution is 0.0784. The highest BCUT2D eigenvalue weighted by Crippen LogP contribution is 2.40. The van der Waals surface area contributed by atoms with E-state index in [1.54, 1.807) is 7.11 Å². The van der Waals surface area contributed by atoms with Crippen LogP contribution in [-0.4, -0.2) is 12.2 Å². The molecule has 0 aliphatic heterocycles. The second kappa shape index (κ2) is 4.69. The molecule has 1 aliphatic rings. The maximum atomic E-state index is 10.1. The highest BCUT2D eigenvalue weighted by atomic mass is 16.5. The molecule has 1 aromatic rings. The van der Waals surface area contributed by atoms with Crippen LogP contribution in [0.1, 0.15) is 56.6 Å². The molecule has 1 fully saturated rings. The van der Waals surface area contributed by atoms with Gasteiger partial charge in [0.1, 0.15) is 5.75 Å². The minimum Gasteiger partial charge on any atom is -0.496 e. The van der Waals surface area contributed by atoms with Crippen molar-refractivity contribution in [1.29, 1.82) is 0 Å². The van der Waals surface area contributed by atoms with Crippen molar-refractivity contribution < 1.29 is 9.84 Å². The van der Waals surface area contributed by atoms with Crippen molar-refractivity contribution in [3.05, 3.63) is 29.3 Å². The van der Waals surface area contributed by atoms with Crippen LogP contribution >= 0.6 is 0 Å². The average Bonchev–Trinajstić information content (AvgIpc) is 2.80. The van der Waals surface area contributed by atoms with Gasteiger partial charge in [0, 0.05) is 0 Å². The molecule has 0 unspecified atom stereocenters. The fourth-order valence-electron chi connectivity index (χ4n) is 2.67. The highest BCUT2D eigenvalue weighted by molar-refractivity contribution is 5.41. The number of benzene rings is 1. The summed E-state index contributed by atoms with van der Waals surface area (Å²) in [4.78, 5) is 0. The summed E-state index contributed by atoms with van der Waals surface area (Å²) >= 11 is 0. The fraction of sp³-hybridized carbons (Fsp3) is 0.600. The van der Waals surface area contributed by atoms with E-state index in [0.29, 0.717) is 5.92 Å². The van der Waals surface area contributed by atoms with Gasteiger partial charge in [0.2, 0.25) is 0 Å². The molecule has 2 rings (SSSR count). The summed E-state index contributed by atoms with van der Waals surface area (Å²) in [6.07, 6.45) is 5.10. The van der Waals surface area contributed by atoms with Crippen LogP contribution in [0, 0.1) is 0 Å². The predicted molar refractivity (Wildman–Crippen MR) is 69.4 cm³/mol. The van der Waals surface area contributed by atoms with E-state index < -0.39 is 5.60 Å². The van der Waals surface area contributed by atoms with Gasteiger partial charge in [-0.1, -0.05) is 18.9 Å². The zero-order valence-corrected chi connectivity index (χ0v) is 11.0. The van der Waals surface area contributed by atoms with Gasteiger partial charge in [-0.3, -0.25) is 0 Å². The van der Waals surface area contributed by atoms with Crippen LogP contribution in [0.3, 0.4) is 0 Å². The molecule has 0 saturated heterocycles. The van der Waals surface area contributed by atoms with Gasteiger partial charge < -0.3 is 9.84 Å². The Hall–Kier alpha value is -1.02. The number of hydrogen-bond acceptors (Lipinski definition) is 2. The monoisotopic (exact) mass is 234 g/mol. The van der Waals surface area contributed by atoms with Gasteiger partial charge in [-0.2, -0.15) is 0 Å². The molecule has 1 aliphatic carbocycles. The standard InChI is InChI=1S/C15H22O2/c1-15(2,16)12-8-9-14(17-3)13(10-12)11-6-4-5-7-11/h8-11,16H,4-7H2,1-3H3. The molecule has 2 nitrogen and oxygen atoms in total. The SMILES string of the molecule is COc1ccc(C(C)(C)O)cc1C1CCCC1. The Morgan fingerprint density at radius 1 is 1.24 bits per heavy atom. The number of aliphatic hydroxyl groups is 1. The first-order chi connectivity index (χ1) is 8.02. The molecule has 94 valence electrons. The van der Waals surface area contributed by atoms with Crippen molar-refractivity contribution in [2.45, 2.75) is 51.0 Å². The molecule has 0 spiro atoms. The third-order valence-electron chi connectivity index (χ3n) is 3.73. The molecule has 0 aromatic heterocycles. The Labute approximate surface area is 104 Å². The van der Waals surface area contributed by atoms with Crippen molar-refractivity contribution in [1.82, 2.24) is 0 Å². The first-order valence-electron chi connectivity index (χ1n) is 6.43. The van der Waals surface area contributed by atoms with E-state index >= 15 is 0 Å². The second-order valence-corrected chi connectivity index (χ2v) is 5.50. The maximum Gasteiger partial charge on any atom is 0.122 e. The first-order valence-corrected chi connectivity index (χ1v) is 6.43. The summed E-state index contributed by atoms with van der Waals surface area (Å²) in [6.45, 7) is 3.65. The van der Waals surface area contributed by atoms with Crippen molar-refractivity contribution >= 4 is 0 Å². The maximum absolute atomic E-state index is 10.1. The van der Waals surface area contributed by atoms with Crippen LogP contribution in [0.25, 0.3) is 0 Å². The van der Waals surface area contributed by atoms with Crippen LogP contribution in [-0.2, 0) is 5.60 Å². The minimum atomic E-state index is -0.778. The first kappa shape index (κ1) is 12.4. The summed E-state index contributed by atoms with van der Waals surface area (Å²) in [6, 6.07) is 6.06. The minimum absolute atomic E-state index is 0.604. The van der Waals surface area contributed by atoms with E-state index in [9.17, 15) is 5.11 Å². The van der Waals surface area contributed by atoms with Gasteiger partial charge in [0.05, 0.1) is 12.7 Å². The Morgan fingerprint density at radius 2 is 1.88 bits per heavy atom. The van der Waals surface area contributed by atoms with Gasteiger partial charge >= 0.3 is 0 Å². The molecule has 1 aromatic carbocycles. The van der Waals surface area contributed by atoms with Gasteiger partial charge in [-0.25, -0.2) is 0 Å². The highest BCUT2D eigenvalue weighted by Gasteiger charge is 2.23. The molecule has 0 amide bonds. The molecule has 0 atom stereocenters. The van der Waals surface area contributed by atoms with Crippen molar-refractivity contribution in [2.75, 3.05) is 7.11 Å². The summed E-state index contributed by atoms with van der Waals surface area (Å²) < 4.78 is 5.44. The zero-order chi connectivity index (χ0) is 12.5. The smallest absolute Gasteiger partial charge is 0.122 e. The van der Waals surface area contributed by atoms with Crippen LogP contribution in [0.4, 0.5) is 0 Å². The molecular formula is C15H22O2. The molecule has 1 saturated carbocycles. The van der Waals surface area contributed by atoms with Gasteiger partial charge in [0.15, 0.2) is 0 Å². The largest absolute Gasteiger partial charge is 0.496 e. The Bertz CT molecular complexity index is 384. The molecule has 17 heavy (non-hydrogen) atoms. The Balaban J connectivity index is 2.39. The number of ether oxygens (including phenoxy) is 1. The lowest BCUT2D eigenvalue weighted by Gasteiger charge is -2.22. The van der Waals surface area contributed by atoms with Crippen molar-refractivity contribution in [2.24, 2.45) is 0 Å². The Kier molecular flexibility index (Phi) is 3.43. The van der Waals surface area contributed by atoms with E-state index in [0.717, 1.165) is 11.3 Å². The third-order valence-corrected chi connectivity index (χ3v) is 3.73. The van der Waals surface area contributed by atoms with Crippen LogP contribution in [0.2, 0.25) is 0 Å². The van der Waals surface area contributed by atoms with Crippen molar-refractivity contribution in [3.63, 3.8) is 0 Å². The van der Waals surface area contributed by atoms with Crippen molar-refractivity contribution in [3.8, 4) is 5.75 Å². The number of hydrogen-bond donors (Lipinski definition) is 1. The van der Waals surface area contributed by atoms with Crippen LogP contribution in [0.15, 0.2) is 18.2 Å². The van der Waals surface area contributed by atoms with Gasteiger partial charge in [-0.05, 0) is 55.9 Å². The number of rotatable bonds is 3. The second-order valence-electron chi connectivity index (χ2n) is 5.50. The predicted octanol–water partition coefficient (Wildman–Crippen LogP) is 3.58. The van der Waals surface area contributed by atoms with Gasteiger partial charge in [-0.15, -0.1) is 0 Å². The molecule has 0 bridgehead atoms. The third kappa shape index (κ3) is 2.63. The molecule has 2 heteroatoms. The topological polar surface area (TPSA) is 29.5 Å². The summed E-state index contributed by atoms with van der Waals surface area (Å²) in [5.74, 6) is 1.57. The van der Waals surface area contributed by atoms with Gasteiger partial charge in [0.25, 0.3) is 0 Å². The molecular weight excluding hydrogens is 212 g/mol. The lowest BCUT2D eigenvalue weighted by Crippen LogP contribution is -2.16. The number of methoxy groups -OCH3 is 1.